The third-order valence-corrected chi connectivity index (χ3v) is 1.19. The van der Waals surface area contributed by atoms with E-state index in [1.165, 1.54) is 0 Å². The molecule has 0 bridgehead atoms. The minimum Gasteiger partial charge on any atom is -0.316 e. The lowest BCUT2D eigenvalue weighted by Crippen LogP contribution is -2.33. The maximum Gasteiger partial charge on any atom is 0.0161 e. The molecule has 0 aliphatic rings. The van der Waals surface area contributed by atoms with Crippen molar-refractivity contribution in [1.29, 1.82) is 0 Å². The Morgan fingerprint density at radius 2 is 1.80 bits per heavy atom. The summed E-state index contributed by atoms with van der Waals surface area (Å²) < 4.78 is 0. The molecule has 0 saturated carbocycles. The van der Waals surface area contributed by atoms with Crippen LogP contribution in [0.1, 0.15) is 27.7 Å². The predicted octanol–water partition coefficient (Wildman–Crippen LogP) is 1.23. The summed E-state index contributed by atoms with van der Waals surface area (Å²) in [6.07, 6.45) is 0. The zero-order valence-electron chi connectivity index (χ0n) is 7.99. The van der Waals surface area contributed by atoms with Crippen molar-refractivity contribution in [2.45, 2.75) is 33.7 Å². The summed E-state index contributed by atoms with van der Waals surface area (Å²) in [5.74, 6) is 0. The summed E-state index contributed by atoms with van der Waals surface area (Å²) in [5, 5.41) is 6.37. The molecule has 2 heteroatoms. The highest BCUT2D eigenvalue weighted by Crippen LogP contribution is 1.72. The van der Waals surface area contributed by atoms with E-state index in [9.17, 15) is 0 Å². The molecule has 0 radical (unpaired) electrons. The number of hydrogen-bond donors (Lipinski definition) is 2. The van der Waals surface area contributed by atoms with Crippen LogP contribution >= 0.6 is 0 Å². The Hall–Kier alpha value is -0.0800. The van der Waals surface area contributed by atoms with E-state index in [1.54, 1.807) is 0 Å². The molecule has 0 amide bonds. The van der Waals surface area contributed by atoms with Crippen LogP contribution in [0.3, 0.4) is 0 Å². The summed E-state index contributed by atoms with van der Waals surface area (Å²) in [6.45, 7) is 10.4. The normalized spacial score (nSPS) is 11.7. The Morgan fingerprint density at radius 1 is 1.30 bits per heavy atom. The molecule has 2 nitrogen and oxygen atoms in total. The topological polar surface area (TPSA) is 24.1 Å². The van der Waals surface area contributed by atoms with E-state index in [2.05, 4.69) is 24.5 Å². The van der Waals surface area contributed by atoms with Crippen LogP contribution in [0, 0.1) is 0 Å². The molecule has 0 aliphatic carbocycles. The zero-order chi connectivity index (χ0) is 8.41. The van der Waals surface area contributed by atoms with Gasteiger partial charge in [0.25, 0.3) is 0 Å². The van der Waals surface area contributed by atoms with Crippen LogP contribution in [-0.2, 0) is 0 Å². The third kappa shape index (κ3) is 10.8. The van der Waals surface area contributed by atoms with Crippen LogP contribution in [0.4, 0.5) is 0 Å². The molecule has 0 spiro atoms. The maximum absolute atomic E-state index is 3.24. The molecule has 64 valence electrons. The molecule has 0 rings (SSSR count). The number of hydrogen-bond acceptors (Lipinski definition) is 2. The van der Waals surface area contributed by atoms with Gasteiger partial charge >= 0.3 is 0 Å². The van der Waals surface area contributed by atoms with Crippen molar-refractivity contribution < 1.29 is 0 Å². The average molecular weight is 146 g/mol. The second-order valence-electron chi connectivity index (χ2n) is 2.00. The fourth-order valence-electron chi connectivity index (χ4n) is 0.463. The highest BCUT2D eigenvalue weighted by atomic mass is 14.9. The SMILES string of the molecule is CC.CCNCC(C)NC. The minimum atomic E-state index is 0.593. The second kappa shape index (κ2) is 11.7. The van der Waals surface area contributed by atoms with Gasteiger partial charge < -0.3 is 10.6 Å². The van der Waals surface area contributed by atoms with E-state index in [0.717, 1.165) is 13.1 Å². The van der Waals surface area contributed by atoms with Gasteiger partial charge in [-0.1, -0.05) is 20.8 Å². The lowest BCUT2D eigenvalue weighted by Gasteiger charge is -2.08. The van der Waals surface area contributed by atoms with Gasteiger partial charge in [0, 0.05) is 12.6 Å². The van der Waals surface area contributed by atoms with Crippen molar-refractivity contribution in [1.82, 2.24) is 10.6 Å². The summed E-state index contributed by atoms with van der Waals surface area (Å²) in [5.41, 5.74) is 0. The largest absolute Gasteiger partial charge is 0.316 e. The molecule has 0 aromatic carbocycles. The first-order valence-corrected chi connectivity index (χ1v) is 4.19. The van der Waals surface area contributed by atoms with Crippen molar-refractivity contribution in [2.24, 2.45) is 0 Å². The van der Waals surface area contributed by atoms with Crippen LogP contribution in [0.25, 0.3) is 0 Å². The first-order chi connectivity index (χ1) is 4.81. The Morgan fingerprint density at radius 3 is 2.10 bits per heavy atom. The van der Waals surface area contributed by atoms with Crippen LogP contribution in [-0.4, -0.2) is 26.2 Å². The molecule has 1 atom stereocenters. The minimum absolute atomic E-state index is 0.593. The maximum atomic E-state index is 3.24. The van der Waals surface area contributed by atoms with Crippen molar-refractivity contribution in [3.8, 4) is 0 Å². The zero-order valence-corrected chi connectivity index (χ0v) is 7.99. The first kappa shape index (κ1) is 12.6. The van der Waals surface area contributed by atoms with Gasteiger partial charge in [-0.05, 0) is 20.5 Å². The van der Waals surface area contributed by atoms with Gasteiger partial charge in [0.2, 0.25) is 0 Å². The van der Waals surface area contributed by atoms with Crippen molar-refractivity contribution in [2.75, 3.05) is 20.1 Å². The Bertz CT molecular complexity index is 46.5. The monoisotopic (exact) mass is 146 g/mol. The van der Waals surface area contributed by atoms with Gasteiger partial charge in [0.05, 0.1) is 0 Å². The van der Waals surface area contributed by atoms with Gasteiger partial charge in [0.15, 0.2) is 0 Å². The van der Waals surface area contributed by atoms with Crippen LogP contribution in [0.5, 0.6) is 0 Å². The van der Waals surface area contributed by atoms with Crippen molar-refractivity contribution >= 4 is 0 Å². The Balaban J connectivity index is 0. The lowest BCUT2D eigenvalue weighted by molar-refractivity contribution is 0.552. The molecule has 1 unspecified atom stereocenters. The lowest BCUT2D eigenvalue weighted by atomic mass is 10.3. The highest BCUT2D eigenvalue weighted by Gasteiger charge is 1.92. The van der Waals surface area contributed by atoms with Gasteiger partial charge in [-0.2, -0.15) is 0 Å². The summed E-state index contributed by atoms with van der Waals surface area (Å²) in [6, 6.07) is 0.593. The van der Waals surface area contributed by atoms with Crippen LogP contribution in [0.2, 0.25) is 0 Å². The number of rotatable bonds is 4. The fraction of sp³-hybridized carbons (Fsp3) is 1.00. The molecule has 0 heterocycles. The summed E-state index contributed by atoms with van der Waals surface area (Å²) >= 11 is 0. The van der Waals surface area contributed by atoms with Crippen LogP contribution in [0.15, 0.2) is 0 Å². The summed E-state index contributed by atoms with van der Waals surface area (Å²) in [4.78, 5) is 0. The smallest absolute Gasteiger partial charge is 0.0161 e. The molecule has 0 aromatic rings. The van der Waals surface area contributed by atoms with E-state index in [-0.39, 0.29) is 0 Å². The predicted molar refractivity (Wildman–Crippen MR) is 48.4 cm³/mol. The van der Waals surface area contributed by atoms with Gasteiger partial charge in [0.1, 0.15) is 0 Å². The molecule has 0 fully saturated rings. The van der Waals surface area contributed by atoms with E-state index >= 15 is 0 Å². The van der Waals surface area contributed by atoms with Gasteiger partial charge in [-0.25, -0.2) is 0 Å². The highest BCUT2D eigenvalue weighted by molar-refractivity contribution is 4.58. The number of likely N-dealkylation sites (N-methyl/N-ethyl adjacent to an activating group) is 2. The molecule has 0 saturated heterocycles. The summed E-state index contributed by atoms with van der Waals surface area (Å²) in [7, 11) is 1.97. The van der Waals surface area contributed by atoms with Gasteiger partial charge in [-0.15, -0.1) is 0 Å². The van der Waals surface area contributed by atoms with Crippen molar-refractivity contribution in [3.05, 3.63) is 0 Å². The van der Waals surface area contributed by atoms with E-state index < -0.39 is 0 Å². The molecule has 0 aromatic heterocycles. The molecular formula is C8H22N2. The second-order valence-corrected chi connectivity index (χ2v) is 2.00. The van der Waals surface area contributed by atoms with Gasteiger partial charge in [-0.3, -0.25) is 0 Å². The molecule has 0 aliphatic heterocycles. The van der Waals surface area contributed by atoms with Crippen molar-refractivity contribution in [3.63, 3.8) is 0 Å². The molecule has 10 heavy (non-hydrogen) atoms. The van der Waals surface area contributed by atoms with Crippen LogP contribution < -0.4 is 10.6 Å². The Labute approximate surface area is 65.4 Å². The fourth-order valence-corrected chi connectivity index (χ4v) is 0.463. The van der Waals surface area contributed by atoms with E-state index in [0.29, 0.717) is 6.04 Å². The first-order valence-electron chi connectivity index (χ1n) is 4.19. The molecular weight excluding hydrogens is 124 g/mol. The standard InChI is InChI=1S/C6H16N2.C2H6/c1-4-8-5-6(2)7-3;1-2/h6-8H,4-5H2,1-3H3;1-2H3. The molecule has 2 N–H and O–H groups in total. The average Bonchev–Trinajstić information content (AvgIpc) is 2.04. The van der Waals surface area contributed by atoms with E-state index in [1.807, 2.05) is 20.9 Å². The quantitative estimate of drug-likeness (QED) is 0.623. The Kier molecular flexibility index (Phi) is 14.7. The number of nitrogens with one attached hydrogen (secondary N) is 2. The third-order valence-electron chi connectivity index (χ3n) is 1.19. The van der Waals surface area contributed by atoms with E-state index in [4.69, 9.17) is 0 Å².